The first-order valence-corrected chi connectivity index (χ1v) is 10.4. The molecule has 0 spiro atoms. The highest BCUT2D eigenvalue weighted by Gasteiger charge is 2.15. The highest BCUT2D eigenvalue weighted by atomic mass is 32.2. The van der Waals surface area contributed by atoms with Gasteiger partial charge in [0, 0.05) is 19.5 Å². The van der Waals surface area contributed by atoms with Crippen molar-refractivity contribution < 1.29 is 13.2 Å². The summed E-state index contributed by atoms with van der Waals surface area (Å²) in [5.41, 5.74) is 6.77. The summed E-state index contributed by atoms with van der Waals surface area (Å²) in [6, 6.07) is 12.8. The Hall–Kier alpha value is -2.38. The molecule has 2 aromatic rings. The summed E-state index contributed by atoms with van der Waals surface area (Å²) in [4.78, 5) is 12.4. The quantitative estimate of drug-likeness (QED) is 0.681. The summed E-state index contributed by atoms with van der Waals surface area (Å²) in [7, 11) is -3.63. The van der Waals surface area contributed by atoms with Crippen LogP contribution in [0.5, 0.6) is 0 Å². The van der Waals surface area contributed by atoms with Crippen molar-refractivity contribution in [1.82, 2.24) is 10.1 Å². The van der Waals surface area contributed by atoms with Crippen molar-refractivity contribution in [1.29, 1.82) is 0 Å². The van der Waals surface area contributed by atoms with Gasteiger partial charge in [-0.2, -0.15) is 0 Å². The predicted molar refractivity (Wildman–Crippen MR) is 108 cm³/mol. The third-order valence-corrected chi connectivity index (χ3v) is 5.81. The van der Waals surface area contributed by atoms with Gasteiger partial charge in [0.05, 0.1) is 10.6 Å². The molecule has 0 aliphatic carbocycles. The van der Waals surface area contributed by atoms with E-state index in [-0.39, 0.29) is 23.8 Å². The van der Waals surface area contributed by atoms with E-state index in [0.717, 1.165) is 22.4 Å². The molecule has 2 aromatic carbocycles. The first kappa shape index (κ1) is 20.9. The molecule has 0 aliphatic rings. The summed E-state index contributed by atoms with van der Waals surface area (Å²) < 4.78 is 27.2. The molecule has 27 heavy (non-hydrogen) atoms. The highest BCUT2D eigenvalue weighted by molar-refractivity contribution is 7.89. The second kappa shape index (κ2) is 9.01. The van der Waals surface area contributed by atoms with Gasteiger partial charge >= 0.3 is 0 Å². The predicted octanol–water partition coefficient (Wildman–Crippen LogP) is 2.84. The minimum Gasteiger partial charge on any atom is -0.286 e. The normalized spacial score (nSPS) is 11.3. The molecule has 0 heterocycles. The Morgan fingerprint density at radius 2 is 1.67 bits per heavy atom. The fraction of sp³-hybridized carbons (Fsp3) is 0.350. The maximum absolute atomic E-state index is 12.4. The summed E-state index contributed by atoms with van der Waals surface area (Å²) in [5.74, 6) is -0.250. The van der Waals surface area contributed by atoms with Crippen LogP contribution in [0.2, 0.25) is 0 Å². The van der Waals surface area contributed by atoms with Crippen LogP contribution in [0.3, 0.4) is 0 Å². The van der Waals surface area contributed by atoms with E-state index in [0.29, 0.717) is 6.54 Å². The molecule has 6 nitrogen and oxygen atoms in total. The van der Waals surface area contributed by atoms with Gasteiger partial charge in [-0.25, -0.2) is 13.1 Å². The Labute approximate surface area is 161 Å². The van der Waals surface area contributed by atoms with Crippen molar-refractivity contribution in [2.45, 2.75) is 39.0 Å². The second-order valence-corrected chi connectivity index (χ2v) is 8.28. The molecule has 2 N–H and O–H groups in total. The lowest BCUT2D eigenvalue weighted by Crippen LogP contribution is -2.43. The zero-order valence-corrected chi connectivity index (χ0v) is 17.1. The van der Waals surface area contributed by atoms with E-state index in [2.05, 4.69) is 10.1 Å². The molecular formula is C20H27N3O3S. The number of carbonyl (C=O) groups is 1. The van der Waals surface area contributed by atoms with Crippen LogP contribution in [0.25, 0.3) is 0 Å². The van der Waals surface area contributed by atoms with Gasteiger partial charge in [-0.1, -0.05) is 23.8 Å². The van der Waals surface area contributed by atoms with Crippen molar-refractivity contribution in [2.24, 2.45) is 0 Å². The maximum atomic E-state index is 12.4. The molecule has 0 aliphatic heterocycles. The molecule has 0 atom stereocenters. The molecule has 7 heteroatoms. The molecule has 2 rings (SSSR count). The largest absolute Gasteiger partial charge is 0.286 e. The monoisotopic (exact) mass is 389 g/mol. The van der Waals surface area contributed by atoms with E-state index in [1.54, 1.807) is 23.2 Å². The van der Waals surface area contributed by atoms with Crippen molar-refractivity contribution in [3.05, 3.63) is 59.2 Å². The van der Waals surface area contributed by atoms with Gasteiger partial charge < -0.3 is 0 Å². The number of anilines is 1. The molecule has 0 aromatic heterocycles. The van der Waals surface area contributed by atoms with Gasteiger partial charge in [-0.15, -0.1) is 0 Å². The summed E-state index contributed by atoms with van der Waals surface area (Å²) in [5, 5.41) is 1.74. The van der Waals surface area contributed by atoms with E-state index in [9.17, 15) is 13.2 Å². The fourth-order valence-corrected chi connectivity index (χ4v) is 3.64. The Balaban J connectivity index is 1.90. The Morgan fingerprint density at radius 3 is 2.26 bits per heavy atom. The van der Waals surface area contributed by atoms with Crippen molar-refractivity contribution in [3.8, 4) is 0 Å². The lowest BCUT2D eigenvalue weighted by atomic mass is 10.1. The molecular weight excluding hydrogens is 362 g/mol. The topological polar surface area (TPSA) is 78.5 Å². The van der Waals surface area contributed by atoms with Crippen LogP contribution in [-0.2, 0) is 14.8 Å². The third-order valence-electron chi connectivity index (χ3n) is 4.35. The van der Waals surface area contributed by atoms with Crippen LogP contribution in [0.15, 0.2) is 47.4 Å². The average molecular weight is 390 g/mol. The zero-order chi connectivity index (χ0) is 20.0. The van der Waals surface area contributed by atoms with Crippen LogP contribution in [0, 0.1) is 20.8 Å². The standard InChI is InChI=1S/C20H27N3O3S/c1-5-23(18-9-6-15(2)7-10-18)22-20(24)12-13-21-27(25,26)19-11-8-16(3)17(4)14-19/h6-11,14,21H,5,12-13H2,1-4H3,(H,22,24). The number of sulfonamides is 1. The van der Waals surface area contributed by atoms with E-state index in [1.807, 2.05) is 52.0 Å². The number of carbonyl (C=O) groups excluding carboxylic acids is 1. The van der Waals surface area contributed by atoms with Crippen LogP contribution in [-0.4, -0.2) is 27.4 Å². The molecule has 0 radical (unpaired) electrons. The number of aryl methyl sites for hydroxylation is 3. The highest BCUT2D eigenvalue weighted by Crippen LogP contribution is 2.15. The lowest BCUT2D eigenvalue weighted by Gasteiger charge is -2.24. The minimum absolute atomic E-state index is 0.0343. The van der Waals surface area contributed by atoms with Gasteiger partial charge in [-0.3, -0.25) is 15.2 Å². The van der Waals surface area contributed by atoms with Crippen LogP contribution < -0.4 is 15.2 Å². The zero-order valence-electron chi connectivity index (χ0n) is 16.2. The Morgan fingerprint density at radius 1 is 1.00 bits per heavy atom. The number of nitrogens with zero attached hydrogens (tertiary/aromatic N) is 1. The van der Waals surface area contributed by atoms with E-state index in [1.165, 1.54) is 0 Å². The van der Waals surface area contributed by atoms with Gasteiger partial charge in [0.1, 0.15) is 0 Å². The Bertz CT molecular complexity index is 893. The van der Waals surface area contributed by atoms with Crippen molar-refractivity contribution in [3.63, 3.8) is 0 Å². The van der Waals surface area contributed by atoms with E-state index >= 15 is 0 Å². The molecule has 0 unspecified atom stereocenters. The molecule has 0 fully saturated rings. The molecule has 146 valence electrons. The van der Waals surface area contributed by atoms with Gasteiger partial charge in [0.25, 0.3) is 0 Å². The minimum atomic E-state index is -3.63. The number of hydrazine groups is 1. The smallest absolute Gasteiger partial charge is 0.240 e. The van der Waals surface area contributed by atoms with Crippen LogP contribution >= 0.6 is 0 Å². The number of rotatable bonds is 8. The first-order chi connectivity index (χ1) is 12.7. The summed E-state index contributed by atoms with van der Waals surface area (Å²) in [6.45, 7) is 8.36. The number of benzene rings is 2. The fourth-order valence-electron chi connectivity index (χ4n) is 2.52. The first-order valence-electron chi connectivity index (χ1n) is 8.93. The van der Waals surface area contributed by atoms with E-state index in [4.69, 9.17) is 0 Å². The van der Waals surface area contributed by atoms with E-state index < -0.39 is 10.0 Å². The SMILES string of the molecule is CCN(NC(=O)CCNS(=O)(=O)c1ccc(C)c(C)c1)c1ccc(C)cc1. The molecule has 0 saturated carbocycles. The van der Waals surface area contributed by atoms with Crippen molar-refractivity contribution in [2.75, 3.05) is 18.1 Å². The number of hydrogen-bond acceptors (Lipinski definition) is 4. The second-order valence-electron chi connectivity index (χ2n) is 6.51. The van der Waals surface area contributed by atoms with Gasteiger partial charge in [-0.05, 0) is 63.1 Å². The summed E-state index contributed by atoms with van der Waals surface area (Å²) in [6.07, 6.45) is 0.0481. The van der Waals surface area contributed by atoms with Crippen LogP contribution in [0.4, 0.5) is 5.69 Å². The average Bonchev–Trinajstić information content (AvgIpc) is 2.62. The maximum Gasteiger partial charge on any atom is 0.240 e. The van der Waals surface area contributed by atoms with Crippen molar-refractivity contribution >= 4 is 21.6 Å². The van der Waals surface area contributed by atoms with Gasteiger partial charge in [0.2, 0.25) is 15.9 Å². The van der Waals surface area contributed by atoms with Gasteiger partial charge in [0.15, 0.2) is 0 Å². The number of hydrogen-bond donors (Lipinski definition) is 2. The molecule has 1 amide bonds. The van der Waals surface area contributed by atoms with Crippen LogP contribution in [0.1, 0.15) is 30.0 Å². The lowest BCUT2D eigenvalue weighted by molar-refractivity contribution is -0.121. The third kappa shape index (κ3) is 5.80. The Kier molecular flexibility index (Phi) is 6.98. The molecule has 0 saturated heterocycles. The number of nitrogens with one attached hydrogen (secondary N) is 2. The summed E-state index contributed by atoms with van der Waals surface area (Å²) >= 11 is 0. The number of amides is 1. The molecule has 0 bridgehead atoms.